The summed E-state index contributed by atoms with van der Waals surface area (Å²) in [6.07, 6.45) is 3.97. The second-order valence-corrected chi connectivity index (χ2v) is 4.31. The van der Waals surface area contributed by atoms with Crippen LogP contribution >= 0.6 is 15.9 Å². The van der Waals surface area contributed by atoms with Gasteiger partial charge in [-0.25, -0.2) is 9.07 Å². The summed E-state index contributed by atoms with van der Waals surface area (Å²) < 4.78 is 16.1. The lowest BCUT2D eigenvalue weighted by Gasteiger charge is -2.09. The topological polar surface area (TPSA) is 43.8 Å². The largest absolute Gasteiger partial charge is 0.330 e. The van der Waals surface area contributed by atoms with Crippen molar-refractivity contribution in [1.82, 2.24) is 9.78 Å². The first kappa shape index (κ1) is 11.3. The minimum absolute atomic E-state index is 0.290. The van der Waals surface area contributed by atoms with Gasteiger partial charge in [0, 0.05) is 6.20 Å². The molecule has 0 spiro atoms. The molecule has 0 amide bonds. The predicted molar refractivity (Wildman–Crippen MR) is 64.0 cm³/mol. The predicted octanol–water partition coefficient (Wildman–Crippen LogP) is 2.28. The Balaban J connectivity index is 2.53. The van der Waals surface area contributed by atoms with E-state index >= 15 is 0 Å². The van der Waals surface area contributed by atoms with Crippen molar-refractivity contribution in [3.8, 4) is 5.69 Å². The zero-order valence-corrected chi connectivity index (χ0v) is 10.1. The number of para-hydroxylation sites is 1. The van der Waals surface area contributed by atoms with Crippen LogP contribution in [0.2, 0.25) is 0 Å². The highest BCUT2D eigenvalue weighted by atomic mass is 79.9. The molecule has 1 aromatic heterocycles. The van der Waals surface area contributed by atoms with E-state index in [1.807, 2.05) is 6.07 Å². The molecular formula is C11H11BrFN3. The van der Waals surface area contributed by atoms with Crippen LogP contribution in [0.15, 0.2) is 35.1 Å². The van der Waals surface area contributed by atoms with Gasteiger partial charge < -0.3 is 5.73 Å². The normalized spacial score (nSPS) is 10.7. The Bertz CT molecular complexity index is 496. The van der Waals surface area contributed by atoms with Gasteiger partial charge in [-0.05, 0) is 40.5 Å². The molecule has 0 saturated heterocycles. The molecule has 84 valence electrons. The summed E-state index contributed by atoms with van der Waals surface area (Å²) in [6, 6.07) is 4.97. The van der Waals surface area contributed by atoms with Crippen molar-refractivity contribution in [1.29, 1.82) is 0 Å². The summed E-state index contributed by atoms with van der Waals surface area (Å²) in [7, 11) is 0. The Morgan fingerprint density at radius 2 is 2.25 bits per heavy atom. The van der Waals surface area contributed by atoms with Gasteiger partial charge in [-0.1, -0.05) is 12.1 Å². The van der Waals surface area contributed by atoms with Crippen LogP contribution in [0.1, 0.15) is 5.56 Å². The van der Waals surface area contributed by atoms with Gasteiger partial charge in [-0.15, -0.1) is 0 Å². The lowest BCUT2D eigenvalue weighted by molar-refractivity contribution is 0.607. The first-order chi connectivity index (χ1) is 7.72. The van der Waals surface area contributed by atoms with E-state index in [2.05, 4.69) is 21.0 Å². The van der Waals surface area contributed by atoms with Crippen molar-refractivity contribution < 1.29 is 4.39 Å². The average Bonchev–Trinajstić information content (AvgIpc) is 2.65. The third-order valence-corrected chi connectivity index (χ3v) is 2.67. The Kier molecular flexibility index (Phi) is 3.36. The zero-order chi connectivity index (χ0) is 11.5. The van der Waals surface area contributed by atoms with Crippen molar-refractivity contribution in [2.45, 2.75) is 6.42 Å². The molecule has 0 radical (unpaired) electrons. The summed E-state index contributed by atoms with van der Waals surface area (Å²) in [5.41, 5.74) is 6.83. The highest BCUT2D eigenvalue weighted by molar-refractivity contribution is 9.10. The van der Waals surface area contributed by atoms with Crippen LogP contribution in [0.5, 0.6) is 0 Å². The smallest absolute Gasteiger partial charge is 0.149 e. The lowest BCUT2D eigenvalue weighted by Crippen LogP contribution is -2.08. The number of hydrogen-bond donors (Lipinski definition) is 1. The molecule has 0 aliphatic carbocycles. The number of aromatic nitrogens is 2. The maximum absolute atomic E-state index is 13.8. The van der Waals surface area contributed by atoms with Crippen LogP contribution < -0.4 is 5.73 Å². The van der Waals surface area contributed by atoms with E-state index in [1.54, 1.807) is 18.5 Å². The first-order valence-corrected chi connectivity index (χ1v) is 5.69. The lowest BCUT2D eigenvalue weighted by atomic mass is 10.1. The van der Waals surface area contributed by atoms with E-state index in [0.717, 1.165) is 10.0 Å². The molecule has 0 atom stereocenters. The van der Waals surface area contributed by atoms with E-state index in [9.17, 15) is 4.39 Å². The van der Waals surface area contributed by atoms with Crippen LogP contribution in [-0.2, 0) is 6.42 Å². The fourth-order valence-electron chi connectivity index (χ4n) is 1.60. The van der Waals surface area contributed by atoms with E-state index in [4.69, 9.17) is 5.73 Å². The van der Waals surface area contributed by atoms with Gasteiger partial charge >= 0.3 is 0 Å². The van der Waals surface area contributed by atoms with Gasteiger partial charge in [0.15, 0.2) is 0 Å². The Labute approximate surface area is 101 Å². The molecule has 2 rings (SSSR count). The van der Waals surface area contributed by atoms with E-state index < -0.39 is 0 Å². The van der Waals surface area contributed by atoms with Crippen LogP contribution in [0.25, 0.3) is 5.69 Å². The minimum atomic E-state index is -0.290. The van der Waals surface area contributed by atoms with Gasteiger partial charge in [0.2, 0.25) is 0 Å². The van der Waals surface area contributed by atoms with Crippen LogP contribution in [0.3, 0.4) is 0 Å². The second-order valence-electron chi connectivity index (χ2n) is 3.39. The zero-order valence-electron chi connectivity index (χ0n) is 8.53. The third-order valence-electron chi connectivity index (χ3n) is 2.26. The molecule has 0 unspecified atom stereocenters. The SMILES string of the molecule is NCCc1cccc(F)c1-n1cc(Br)cn1. The van der Waals surface area contributed by atoms with E-state index in [-0.39, 0.29) is 5.82 Å². The summed E-state index contributed by atoms with van der Waals surface area (Å²) in [5.74, 6) is -0.290. The second kappa shape index (κ2) is 4.76. The summed E-state index contributed by atoms with van der Waals surface area (Å²) in [5, 5.41) is 4.08. The summed E-state index contributed by atoms with van der Waals surface area (Å²) >= 11 is 3.29. The standard InChI is InChI=1S/C11H11BrFN3/c12-9-6-15-16(7-9)11-8(4-5-14)2-1-3-10(11)13/h1-3,6-7H,4-5,14H2. The van der Waals surface area contributed by atoms with Crippen LogP contribution in [-0.4, -0.2) is 16.3 Å². The molecule has 16 heavy (non-hydrogen) atoms. The summed E-state index contributed by atoms with van der Waals surface area (Å²) in [4.78, 5) is 0. The number of hydrogen-bond acceptors (Lipinski definition) is 2. The van der Waals surface area contributed by atoms with Crippen molar-refractivity contribution in [3.05, 3.63) is 46.4 Å². The molecular weight excluding hydrogens is 273 g/mol. The quantitative estimate of drug-likeness (QED) is 0.939. The maximum Gasteiger partial charge on any atom is 0.149 e. The highest BCUT2D eigenvalue weighted by Crippen LogP contribution is 2.20. The number of nitrogens with zero attached hydrogens (tertiary/aromatic N) is 2. The van der Waals surface area contributed by atoms with Crippen molar-refractivity contribution in [2.75, 3.05) is 6.54 Å². The van der Waals surface area contributed by atoms with Crippen molar-refractivity contribution >= 4 is 15.9 Å². The minimum Gasteiger partial charge on any atom is -0.330 e. The molecule has 2 N–H and O–H groups in total. The van der Waals surface area contributed by atoms with E-state index in [0.29, 0.717) is 18.7 Å². The maximum atomic E-state index is 13.8. The van der Waals surface area contributed by atoms with Gasteiger partial charge in [0.1, 0.15) is 11.5 Å². The summed E-state index contributed by atoms with van der Waals surface area (Å²) in [6.45, 7) is 0.485. The number of nitrogens with two attached hydrogens (primary N) is 1. The molecule has 0 bridgehead atoms. The average molecular weight is 284 g/mol. The molecule has 0 saturated carbocycles. The monoisotopic (exact) mass is 283 g/mol. The fourth-order valence-corrected chi connectivity index (χ4v) is 1.88. The molecule has 1 heterocycles. The molecule has 0 aliphatic rings. The first-order valence-electron chi connectivity index (χ1n) is 4.90. The Morgan fingerprint density at radius 3 is 2.88 bits per heavy atom. The van der Waals surface area contributed by atoms with Crippen molar-refractivity contribution in [3.63, 3.8) is 0 Å². The molecule has 1 aromatic carbocycles. The number of rotatable bonds is 3. The Morgan fingerprint density at radius 1 is 1.44 bits per heavy atom. The van der Waals surface area contributed by atoms with Crippen LogP contribution in [0.4, 0.5) is 4.39 Å². The van der Waals surface area contributed by atoms with Gasteiger partial charge in [-0.2, -0.15) is 5.10 Å². The molecule has 5 heteroatoms. The van der Waals surface area contributed by atoms with Gasteiger partial charge in [0.05, 0.1) is 10.7 Å². The molecule has 2 aromatic rings. The van der Waals surface area contributed by atoms with E-state index in [1.165, 1.54) is 10.7 Å². The highest BCUT2D eigenvalue weighted by Gasteiger charge is 2.10. The molecule has 0 fully saturated rings. The Hall–Kier alpha value is -1.20. The van der Waals surface area contributed by atoms with Gasteiger partial charge in [-0.3, -0.25) is 0 Å². The molecule has 3 nitrogen and oxygen atoms in total. The van der Waals surface area contributed by atoms with Crippen molar-refractivity contribution in [2.24, 2.45) is 5.73 Å². The number of benzene rings is 1. The van der Waals surface area contributed by atoms with Gasteiger partial charge in [0.25, 0.3) is 0 Å². The third kappa shape index (κ3) is 2.15. The molecule has 0 aliphatic heterocycles. The van der Waals surface area contributed by atoms with Crippen LogP contribution in [0, 0.1) is 5.82 Å². The fraction of sp³-hybridized carbons (Fsp3) is 0.182. The number of halogens is 2.